The van der Waals surface area contributed by atoms with E-state index < -0.39 is 12.0 Å². The van der Waals surface area contributed by atoms with Gasteiger partial charge in [0.05, 0.1) is 0 Å². The minimum Gasteiger partial charge on any atom is -0.480 e. The van der Waals surface area contributed by atoms with Crippen LogP contribution >= 0.6 is 0 Å². The summed E-state index contributed by atoms with van der Waals surface area (Å²) in [7, 11) is 0. The molecule has 15 heavy (non-hydrogen) atoms. The van der Waals surface area contributed by atoms with E-state index in [0.717, 1.165) is 5.92 Å². The summed E-state index contributed by atoms with van der Waals surface area (Å²) < 4.78 is 0. The summed E-state index contributed by atoms with van der Waals surface area (Å²) in [5, 5.41) is 12.0. The molecule has 3 heteroatoms. The molecule has 2 N–H and O–H groups in total. The lowest BCUT2D eigenvalue weighted by Gasteiger charge is -2.27. The van der Waals surface area contributed by atoms with Crippen molar-refractivity contribution in [2.45, 2.75) is 38.8 Å². The molecule has 3 nitrogen and oxygen atoms in total. The Balaban J connectivity index is 1.89. The highest BCUT2D eigenvalue weighted by molar-refractivity contribution is 5.72. The van der Waals surface area contributed by atoms with Gasteiger partial charge in [0.25, 0.3) is 0 Å². The molecule has 2 aliphatic rings. The molecule has 5 unspecified atom stereocenters. The molecule has 5 atom stereocenters. The number of rotatable bonds is 4. The molecule has 2 bridgehead atoms. The number of hydrogen-bond acceptors (Lipinski definition) is 2. The van der Waals surface area contributed by atoms with Crippen molar-refractivity contribution in [1.29, 1.82) is 0 Å². The SMILES string of the molecule is CC(NC(C)C1CC2C=CC1C2)C(=O)O. The summed E-state index contributed by atoms with van der Waals surface area (Å²) in [6.07, 6.45) is 7.12. The molecular weight excluding hydrogens is 190 g/mol. The van der Waals surface area contributed by atoms with E-state index in [1.807, 2.05) is 0 Å². The van der Waals surface area contributed by atoms with E-state index in [-0.39, 0.29) is 0 Å². The van der Waals surface area contributed by atoms with Crippen molar-refractivity contribution in [3.8, 4) is 0 Å². The lowest BCUT2D eigenvalue weighted by atomic mass is 9.87. The molecule has 0 radical (unpaired) electrons. The first kappa shape index (κ1) is 10.7. The van der Waals surface area contributed by atoms with Crippen molar-refractivity contribution >= 4 is 5.97 Å². The Morgan fingerprint density at radius 2 is 2.13 bits per heavy atom. The number of carboxylic acid groups (broad SMARTS) is 1. The third-order valence-corrected chi connectivity index (χ3v) is 3.86. The number of nitrogens with one attached hydrogen (secondary N) is 1. The van der Waals surface area contributed by atoms with Crippen molar-refractivity contribution in [1.82, 2.24) is 5.32 Å². The van der Waals surface area contributed by atoms with Crippen LogP contribution in [0.1, 0.15) is 26.7 Å². The van der Waals surface area contributed by atoms with Crippen LogP contribution in [0.5, 0.6) is 0 Å². The molecule has 1 fully saturated rings. The van der Waals surface area contributed by atoms with E-state index in [9.17, 15) is 4.79 Å². The molecule has 0 amide bonds. The predicted molar refractivity (Wildman–Crippen MR) is 58.5 cm³/mol. The predicted octanol–water partition coefficient (Wildman–Crippen LogP) is 1.65. The van der Waals surface area contributed by atoms with E-state index in [1.54, 1.807) is 6.92 Å². The van der Waals surface area contributed by atoms with Crippen LogP contribution in [0, 0.1) is 17.8 Å². The van der Waals surface area contributed by atoms with Gasteiger partial charge in [0.2, 0.25) is 0 Å². The fourth-order valence-electron chi connectivity index (χ4n) is 2.99. The van der Waals surface area contributed by atoms with Crippen molar-refractivity contribution in [3.05, 3.63) is 12.2 Å². The van der Waals surface area contributed by atoms with E-state index in [4.69, 9.17) is 5.11 Å². The van der Waals surface area contributed by atoms with Gasteiger partial charge in [-0.05, 0) is 44.4 Å². The van der Waals surface area contributed by atoms with Gasteiger partial charge in [0.1, 0.15) is 6.04 Å². The Morgan fingerprint density at radius 3 is 2.60 bits per heavy atom. The van der Waals surface area contributed by atoms with Crippen LogP contribution in [-0.2, 0) is 4.79 Å². The van der Waals surface area contributed by atoms with Crippen LogP contribution in [-0.4, -0.2) is 23.2 Å². The standard InChI is InChI=1S/C12H19NO2/c1-7(13-8(2)12(14)15)11-6-9-3-4-10(11)5-9/h3-4,7-11,13H,5-6H2,1-2H3,(H,14,15). The van der Waals surface area contributed by atoms with Crippen LogP contribution in [0.2, 0.25) is 0 Å². The van der Waals surface area contributed by atoms with Gasteiger partial charge >= 0.3 is 5.97 Å². The molecule has 84 valence electrons. The van der Waals surface area contributed by atoms with Gasteiger partial charge in [0, 0.05) is 6.04 Å². The Kier molecular flexibility index (Phi) is 2.83. The normalized spacial score (nSPS) is 36.8. The van der Waals surface area contributed by atoms with E-state index in [1.165, 1.54) is 12.8 Å². The number of allylic oxidation sites excluding steroid dienone is 2. The Morgan fingerprint density at radius 1 is 1.40 bits per heavy atom. The topological polar surface area (TPSA) is 49.3 Å². The van der Waals surface area contributed by atoms with E-state index in [2.05, 4.69) is 24.4 Å². The number of carboxylic acids is 1. The average Bonchev–Trinajstić information content (AvgIpc) is 2.78. The van der Waals surface area contributed by atoms with Gasteiger partial charge in [-0.1, -0.05) is 12.2 Å². The van der Waals surface area contributed by atoms with Crippen LogP contribution in [0.4, 0.5) is 0 Å². The fourth-order valence-corrected chi connectivity index (χ4v) is 2.99. The quantitative estimate of drug-likeness (QED) is 0.692. The molecule has 0 saturated heterocycles. The monoisotopic (exact) mass is 209 g/mol. The number of carbonyl (C=O) groups is 1. The van der Waals surface area contributed by atoms with Gasteiger partial charge in [-0.25, -0.2) is 0 Å². The van der Waals surface area contributed by atoms with Crippen molar-refractivity contribution in [2.75, 3.05) is 0 Å². The summed E-state index contributed by atoms with van der Waals surface area (Å²) >= 11 is 0. The largest absolute Gasteiger partial charge is 0.480 e. The van der Waals surface area contributed by atoms with Crippen LogP contribution in [0.25, 0.3) is 0 Å². The highest BCUT2D eigenvalue weighted by Gasteiger charge is 2.38. The Labute approximate surface area is 90.6 Å². The van der Waals surface area contributed by atoms with Gasteiger partial charge in [-0.15, -0.1) is 0 Å². The average molecular weight is 209 g/mol. The fraction of sp³-hybridized carbons (Fsp3) is 0.750. The molecule has 1 saturated carbocycles. The molecule has 0 aromatic rings. The third kappa shape index (κ3) is 2.07. The third-order valence-electron chi connectivity index (χ3n) is 3.86. The van der Waals surface area contributed by atoms with E-state index in [0.29, 0.717) is 17.9 Å². The lowest BCUT2D eigenvalue weighted by Crippen LogP contribution is -2.44. The molecule has 0 spiro atoms. The van der Waals surface area contributed by atoms with Crippen LogP contribution in [0.3, 0.4) is 0 Å². The van der Waals surface area contributed by atoms with Crippen LogP contribution < -0.4 is 5.32 Å². The maximum atomic E-state index is 10.7. The summed E-state index contributed by atoms with van der Waals surface area (Å²) in [6.45, 7) is 3.82. The number of aliphatic carboxylic acids is 1. The second-order valence-electron chi connectivity index (χ2n) is 4.96. The summed E-state index contributed by atoms with van der Waals surface area (Å²) in [4.78, 5) is 10.7. The summed E-state index contributed by atoms with van der Waals surface area (Å²) in [5.74, 6) is 1.30. The summed E-state index contributed by atoms with van der Waals surface area (Å²) in [6, 6.07) is -0.140. The first-order valence-corrected chi connectivity index (χ1v) is 5.75. The molecule has 0 aliphatic heterocycles. The Bertz CT molecular complexity index is 287. The second-order valence-corrected chi connectivity index (χ2v) is 4.96. The summed E-state index contributed by atoms with van der Waals surface area (Å²) in [5.41, 5.74) is 0. The van der Waals surface area contributed by atoms with Gasteiger partial charge in [0.15, 0.2) is 0 Å². The number of fused-ring (bicyclic) bond motifs is 2. The zero-order valence-corrected chi connectivity index (χ0v) is 9.31. The molecule has 2 aliphatic carbocycles. The second kappa shape index (κ2) is 3.97. The minimum absolute atomic E-state index is 0.302. The first-order chi connectivity index (χ1) is 7.08. The maximum absolute atomic E-state index is 10.7. The number of hydrogen-bond donors (Lipinski definition) is 2. The highest BCUT2D eigenvalue weighted by atomic mass is 16.4. The zero-order valence-electron chi connectivity index (χ0n) is 9.31. The minimum atomic E-state index is -0.763. The highest BCUT2D eigenvalue weighted by Crippen LogP contribution is 2.44. The maximum Gasteiger partial charge on any atom is 0.320 e. The van der Waals surface area contributed by atoms with Gasteiger partial charge in [-0.2, -0.15) is 0 Å². The molecule has 0 heterocycles. The van der Waals surface area contributed by atoms with Crippen molar-refractivity contribution < 1.29 is 9.90 Å². The van der Waals surface area contributed by atoms with Crippen molar-refractivity contribution in [2.24, 2.45) is 17.8 Å². The zero-order chi connectivity index (χ0) is 11.0. The molecule has 0 aromatic carbocycles. The van der Waals surface area contributed by atoms with Gasteiger partial charge < -0.3 is 10.4 Å². The van der Waals surface area contributed by atoms with E-state index >= 15 is 0 Å². The molecular formula is C12H19NO2. The van der Waals surface area contributed by atoms with Gasteiger partial charge in [-0.3, -0.25) is 4.79 Å². The molecule has 2 rings (SSSR count). The van der Waals surface area contributed by atoms with Crippen molar-refractivity contribution in [3.63, 3.8) is 0 Å². The smallest absolute Gasteiger partial charge is 0.320 e. The van der Waals surface area contributed by atoms with Crippen LogP contribution in [0.15, 0.2) is 12.2 Å². The first-order valence-electron chi connectivity index (χ1n) is 5.75. The Hall–Kier alpha value is -0.830. The molecule has 0 aromatic heterocycles. The lowest BCUT2D eigenvalue weighted by molar-refractivity contribution is -0.139.